The van der Waals surface area contributed by atoms with Gasteiger partial charge in [0, 0.05) is 28.1 Å². The van der Waals surface area contributed by atoms with E-state index in [0.29, 0.717) is 29.3 Å². The number of hydrogen-bond donors (Lipinski definition) is 1. The summed E-state index contributed by atoms with van der Waals surface area (Å²) >= 11 is 1.33. The van der Waals surface area contributed by atoms with Crippen molar-refractivity contribution < 1.29 is 19.1 Å². The minimum atomic E-state index is -0.510. The second-order valence-electron chi connectivity index (χ2n) is 7.67. The zero-order valence-corrected chi connectivity index (χ0v) is 19.5. The number of anilines is 2. The molecule has 7 heteroatoms. The molecule has 4 rings (SSSR count). The molecule has 0 aromatic heterocycles. The number of nitrogens with zero attached hydrogens (tertiary/aromatic N) is 1. The minimum absolute atomic E-state index is 0.112. The summed E-state index contributed by atoms with van der Waals surface area (Å²) in [6.45, 7) is 2.44. The van der Waals surface area contributed by atoms with Crippen molar-refractivity contribution in [1.82, 2.24) is 0 Å². The number of imide groups is 1. The first-order valence-corrected chi connectivity index (χ1v) is 11.8. The predicted octanol–water partition coefficient (Wildman–Crippen LogP) is 4.99. The van der Waals surface area contributed by atoms with Crippen LogP contribution < -0.4 is 15.4 Å². The molecule has 1 aliphatic heterocycles. The summed E-state index contributed by atoms with van der Waals surface area (Å²) in [5.74, 6) is -0.0186. The molecule has 3 aromatic carbocycles. The van der Waals surface area contributed by atoms with Crippen LogP contribution in [-0.2, 0) is 9.59 Å². The molecule has 0 spiro atoms. The van der Waals surface area contributed by atoms with Gasteiger partial charge in [0.2, 0.25) is 11.8 Å². The van der Waals surface area contributed by atoms with E-state index in [0.717, 1.165) is 10.5 Å². The third-order valence-corrected chi connectivity index (χ3v) is 6.46. The summed E-state index contributed by atoms with van der Waals surface area (Å²) in [7, 11) is 0. The molecule has 0 radical (unpaired) electrons. The molecule has 1 saturated heterocycles. The molecule has 1 aliphatic rings. The number of rotatable bonds is 8. The molecule has 3 aromatic rings. The van der Waals surface area contributed by atoms with E-state index in [1.54, 1.807) is 42.5 Å². The summed E-state index contributed by atoms with van der Waals surface area (Å²) < 4.78 is 5.58. The van der Waals surface area contributed by atoms with E-state index in [4.69, 9.17) is 10.5 Å². The number of para-hydroxylation sites is 1. The maximum absolute atomic E-state index is 12.9. The molecule has 2 amide bonds. The molecule has 6 nitrogen and oxygen atoms in total. The molecule has 1 atom stereocenters. The third-order valence-electron chi connectivity index (χ3n) is 5.28. The van der Waals surface area contributed by atoms with Crippen molar-refractivity contribution in [1.29, 1.82) is 0 Å². The highest BCUT2D eigenvalue weighted by molar-refractivity contribution is 8.00. The van der Waals surface area contributed by atoms with Crippen LogP contribution >= 0.6 is 11.8 Å². The monoisotopic (exact) mass is 472 g/mol. The van der Waals surface area contributed by atoms with E-state index in [2.05, 4.69) is 0 Å². The van der Waals surface area contributed by atoms with Gasteiger partial charge < -0.3 is 10.5 Å². The quantitative estimate of drug-likeness (QED) is 0.215. The molecule has 34 heavy (non-hydrogen) atoms. The maximum Gasteiger partial charge on any atom is 0.247 e. The van der Waals surface area contributed by atoms with Gasteiger partial charge in [0.05, 0.1) is 17.5 Å². The summed E-state index contributed by atoms with van der Waals surface area (Å²) in [4.78, 5) is 40.2. The number of nitrogen functional groups attached to an aromatic ring is 1. The maximum atomic E-state index is 12.9. The Hall–Kier alpha value is -3.84. The first-order chi connectivity index (χ1) is 16.5. The van der Waals surface area contributed by atoms with Gasteiger partial charge in [-0.05, 0) is 67.6 Å². The van der Waals surface area contributed by atoms with Crippen LogP contribution in [0.4, 0.5) is 11.4 Å². The second-order valence-corrected chi connectivity index (χ2v) is 8.94. The third kappa shape index (κ3) is 5.21. The van der Waals surface area contributed by atoms with Crippen molar-refractivity contribution in [2.45, 2.75) is 23.5 Å². The Kier molecular flexibility index (Phi) is 7.13. The van der Waals surface area contributed by atoms with Gasteiger partial charge in [-0.15, -0.1) is 11.8 Å². The van der Waals surface area contributed by atoms with Gasteiger partial charge in [0.25, 0.3) is 0 Å². The van der Waals surface area contributed by atoms with Crippen LogP contribution in [-0.4, -0.2) is 29.5 Å². The number of carbonyl (C=O) groups is 3. The Morgan fingerprint density at radius 2 is 1.85 bits per heavy atom. The van der Waals surface area contributed by atoms with Crippen LogP contribution in [0.2, 0.25) is 0 Å². The normalized spacial score (nSPS) is 15.8. The van der Waals surface area contributed by atoms with Crippen molar-refractivity contribution in [2.75, 3.05) is 17.2 Å². The molecule has 0 bridgehead atoms. The number of amides is 2. The zero-order chi connectivity index (χ0) is 24.1. The molecule has 172 valence electrons. The Bertz CT molecular complexity index is 1250. The lowest BCUT2D eigenvalue weighted by molar-refractivity contribution is -0.121. The van der Waals surface area contributed by atoms with Gasteiger partial charge in [-0.1, -0.05) is 24.3 Å². The lowest BCUT2D eigenvalue weighted by atomic mass is 10.1. The molecule has 1 heterocycles. The van der Waals surface area contributed by atoms with Crippen LogP contribution in [0.5, 0.6) is 5.75 Å². The van der Waals surface area contributed by atoms with Crippen molar-refractivity contribution >= 4 is 46.8 Å². The summed E-state index contributed by atoms with van der Waals surface area (Å²) in [6.07, 6.45) is 3.31. The topological polar surface area (TPSA) is 89.7 Å². The number of carbonyl (C=O) groups excluding carboxylic acids is 3. The molecular formula is C27H24N2O4S. The summed E-state index contributed by atoms with van der Waals surface area (Å²) in [5.41, 5.74) is 8.14. The number of ketones is 1. The molecule has 1 fully saturated rings. The van der Waals surface area contributed by atoms with Crippen molar-refractivity contribution in [3.8, 4) is 5.75 Å². The first-order valence-electron chi connectivity index (χ1n) is 10.9. The van der Waals surface area contributed by atoms with Crippen molar-refractivity contribution in [3.05, 3.63) is 90.0 Å². The van der Waals surface area contributed by atoms with Crippen LogP contribution in [0, 0.1) is 0 Å². The van der Waals surface area contributed by atoms with E-state index in [-0.39, 0.29) is 24.0 Å². The largest absolute Gasteiger partial charge is 0.493 e. The van der Waals surface area contributed by atoms with Crippen molar-refractivity contribution in [3.63, 3.8) is 0 Å². The van der Waals surface area contributed by atoms with E-state index >= 15 is 0 Å². The van der Waals surface area contributed by atoms with E-state index in [1.807, 2.05) is 43.3 Å². The fraction of sp³-hybridized carbons (Fsp3) is 0.148. The highest BCUT2D eigenvalue weighted by atomic mass is 32.2. The Labute approximate surface area is 202 Å². The highest BCUT2D eigenvalue weighted by Crippen LogP contribution is 2.34. The SMILES string of the molecule is CCOc1ccccc1/C=C/C(=O)c1ccc(N2C(=O)CC(Sc3cccc(N)c3)C2=O)cc1. The molecule has 1 unspecified atom stereocenters. The van der Waals surface area contributed by atoms with Gasteiger partial charge in [0.15, 0.2) is 5.78 Å². The zero-order valence-electron chi connectivity index (χ0n) is 18.6. The Balaban J connectivity index is 1.45. The lowest BCUT2D eigenvalue weighted by Crippen LogP contribution is -2.31. The number of nitrogens with two attached hydrogens (primary N) is 1. The number of hydrogen-bond acceptors (Lipinski definition) is 6. The average molecular weight is 473 g/mol. The highest BCUT2D eigenvalue weighted by Gasteiger charge is 2.40. The Morgan fingerprint density at radius 1 is 1.09 bits per heavy atom. The minimum Gasteiger partial charge on any atom is -0.493 e. The number of allylic oxidation sites excluding steroid dienone is 1. The lowest BCUT2D eigenvalue weighted by Gasteiger charge is -2.15. The first kappa shape index (κ1) is 23.3. The van der Waals surface area contributed by atoms with Gasteiger partial charge >= 0.3 is 0 Å². The number of ether oxygens (including phenoxy) is 1. The van der Waals surface area contributed by atoms with E-state index in [9.17, 15) is 14.4 Å². The fourth-order valence-corrected chi connectivity index (χ4v) is 4.78. The number of thioether (sulfide) groups is 1. The molecular weight excluding hydrogens is 448 g/mol. The van der Waals surface area contributed by atoms with Gasteiger partial charge in [-0.25, -0.2) is 4.90 Å². The van der Waals surface area contributed by atoms with Crippen LogP contribution in [0.1, 0.15) is 29.3 Å². The summed E-state index contributed by atoms with van der Waals surface area (Å²) in [5, 5.41) is -0.510. The predicted molar refractivity (Wildman–Crippen MR) is 135 cm³/mol. The Morgan fingerprint density at radius 3 is 2.59 bits per heavy atom. The molecule has 0 saturated carbocycles. The van der Waals surface area contributed by atoms with Gasteiger partial charge in [0.1, 0.15) is 5.75 Å². The van der Waals surface area contributed by atoms with Crippen LogP contribution in [0.15, 0.2) is 83.8 Å². The molecule has 2 N–H and O–H groups in total. The van der Waals surface area contributed by atoms with Crippen LogP contribution in [0.3, 0.4) is 0 Å². The number of benzene rings is 3. The second kappa shape index (κ2) is 10.4. The average Bonchev–Trinajstić information content (AvgIpc) is 3.11. The van der Waals surface area contributed by atoms with Gasteiger partial charge in [-0.2, -0.15) is 0 Å². The molecule has 0 aliphatic carbocycles. The van der Waals surface area contributed by atoms with E-state index < -0.39 is 5.25 Å². The standard InChI is InChI=1S/C27H24N2O4S/c1-2-33-24-9-4-3-6-19(24)12-15-23(30)18-10-13-21(14-11-18)29-26(31)17-25(27(29)32)34-22-8-5-7-20(28)16-22/h3-16,25H,2,17,28H2,1H3/b15-12+. The van der Waals surface area contributed by atoms with Crippen LogP contribution in [0.25, 0.3) is 6.08 Å². The smallest absolute Gasteiger partial charge is 0.247 e. The van der Waals surface area contributed by atoms with E-state index in [1.165, 1.54) is 22.7 Å². The summed E-state index contributed by atoms with van der Waals surface area (Å²) in [6, 6.07) is 21.2. The fourth-order valence-electron chi connectivity index (χ4n) is 3.66. The van der Waals surface area contributed by atoms with Crippen molar-refractivity contribution in [2.24, 2.45) is 0 Å². The van der Waals surface area contributed by atoms with Gasteiger partial charge in [-0.3, -0.25) is 14.4 Å².